The predicted molar refractivity (Wildman–Crippen MR) is 99.0 cm³/mol. The van der Waals surface area contributed by atoms with Crippen LogP contribution in [-0.4, -0.2) is 45.6 Å². The van der Waals surface area contributed by atoms with Crippen molar-refractivity contribution in [2.45, 2.75) is 0 Å². The molecule has 0 bridgehead atoms. The molecular formula is C17H18FN3O5S. The Kier molecular flexibility index (Phi) is 6.35. The summed E-state index contributed by atoms with van der Waals surface area (Å²) in [5.41, 5.74) is 2.91. The van der Waals surface area contributed by atoms with Gasteiger partial charge in [-0.3, -0.25) is 9.10 Å². The zero-order valence-electron chi connectivity index (χ0n) is 14.6. The number of carbonyl (C=O) groups excluding carboxylic acids is 1. The molecule has 0 saturated heterocycles. The molecular weight excluding hydrogens is 377 g/mol. The van der Waals surface area contributed by atoms with Crippen LogP contribution in [0.3, 0.4) is 0 Å². The minimum absolute atomic E-state index is 0.0400. The number of hydrazone groups is 1. The van der Waals surface area contributed by atoms with Gasteiger partial charge in [0, 0.05) is 0 Å². The standard InChI is InChI=1S/C17H18FN3O5S/c1-26-16-9-12(3-8-15(16)22)10-19-20-17(23)11-21(27(2,24)25)14-6-4-13(18)5-7-14/h3-10,22H,11H2,1-2H3,(H,20,23)/b19-10-. The normalized spacial score (nSPS) is 11.4. The van der Waals surface area contributed by atoms with Gasteiger partial charge in [0.25, 0.3) is 5.91 Å². The summed E-state index contributed by atoms with van der Waals surface area (Å²) in [6.45, 7) is -0.527. The Morgan fingerprint density at radius 1 is 1.30 bits per heavy atom. The van der Waals surface area contributed by atoms with Crippen molar-refractivity contribution >= 4 is 27.8 Å². The number of hydrogen-bond acceptors (Lipinski definition) is 6. The van der Waals surface area contributed by atoms with Crippen LogP contribution in [-0.2, 0) is 14.8 Å². The average Bonchev–Trinajstić information content (AvgIpc) is 2.61. The van der Waals surface area contributed by atoms with Crippen LogP contribution in [0.2, 0.25) is 0 Å². The van der Waals surface area contributed by atoms with Crippen LogP contribution in [0.25, 0.3) is 0 Å². The molecule has 8 nitrogen and oxygen atoms in total. The van der Waals surface area contributed by atoms with Crippen molar-refractivity contribution < 1.29 is 27.4 Å². The Labute approximate surface area is 155 Å². The molecule has 2 N–H and O–H groups in total. The molecule has 144 valence electrons. The maximum atomic E-state index is 13.0. The molecule has 0 aliphatic rings. The number of ether oxygens (including phenoxy) is 1. The first-order valence-corrected chi connectivity index (χ1v) is 9.47. The number of halogens is 1. The van der Waals surface area contributed by atoms with Gasteiger partial charge in [-0.1, -0.05) is 0 Å². The van der Waals surface area contributed by atoms with E-state index in [0.717, 1.165) is 22.7 Å². The van der Waals surface area contributed by atoms with Crippen molar-refractivity contribution in [2.75, 3.05) is 24.2 Å². The monoisotopic (exact) mass is 395 g/mol. The SMILES string of the molecule is COc1cc(/C=N\NC(=O)CN(c2ccc(F)cc2)S(C)(=O)=O)ccc1O. The largest absolute Gasteiger partial charge is 0.504 e. The lowest BCUT2D eigenvalue weighted by Gasteiger charge is -2.21. The molecule has 2 aromatic carbocycles. The predicted octanol–water partition coefficient (Wildman–Crippen LogP) is 1.46. The second-order valence-corrected chi connectivity index (χ2v) is 7.38. The van der Waals surface area contributed by atoms with Gasteiger partial charge < -0.3 is 9.84 Å². The summed E-state index contributed by atoms with van der Waals surface area (Å²) in [6.07, 6.45) is 2.25. The van der Waals surface area contributed by atoms with Crippen molar-refractivity contribution in [3.63, 3.8) is 0 Å². The molecule has 0 heterocycles. The number of nitrogens with zero attached hydrogens (tertiary/aromatic N) is 2. The summed E-state index contributed by atoms with van der Waals surface area (Å²) in [6, 6.07) is 9.18. The smallest absolute Gasteiger partial charge is 0.260 e. The van der Waals surface area contributed by atoms with E-state index in [4.69, 9.17) is 4.74 Å². The van der Waals surface area contributed by atoms with Gasteiger partial charge >= 0.3 is 0 Å². The highest BCUT2D eigenvalue weighted by atomic mass is 32.2. The zero-order valence-corrected chi connectivity index (χ0v) is 15.4. The first-order chi connectivity index (χ1) is 12.7. The molecule has 27 heavy (non-hydrogen) atoms. The maximum absolute atomic E-state index is 13.0. The second kappa shape index (κ2) is 8.49. The van der Waals surface area contributed by atoms with Crippen LogP contribution in [0, 0.1) is 5.82 Å². The lowest BCUT2D eigenvalue weighted by molar-refractivity contribution is -0.119. The molecule has 0 fully saturated rings. The number of sulfonamides is 1. The topological polar surface area (TPSA) is 108 Å². The summed E-state index contributed by atoms with van der Waals surface area (Å²) in [5.74, 6) is -1.01. The fraction of sp³-hybridized carbons (Fsp3) is 0.176. The number of benzene rings is 2. The van der Waals surface area contributed by atoms with Gasteiger partial charge in [0.2, 0.25) is 10.0 Å². The van der Waals surface area contributed by atoms with E-state index in [1.54, 1.807) is 6.07 Å². The molecule has 0 spiro atoms. The highest BCUT2D eigenvalue weighted by Crippen LogP contribution is 2.25. The number of methoxy groups -OCH3 is 1. The van der Waals surface area contributed by atoms with Crippen molar-refractivity contribution in [1.29, 1.82) is 0 Å². The quantitative estimate of drug-likeness (QED) is 0.545. The molecule has 0 unspecified atom stereocenters. The number of amides is 1. The molecule has 0 atom stereocenters. The van der Waals surface area contributed by atoms with Gasteiger partial charge in [-0.2, -0.15) is 5.10 Å². The van der Waals surface area contributed by atoms with E-state index < -0.39 is 28.3 Å². The van der Waals surface area contributed by atoms with Gasteiger partial charge in [-0.25, -0.2) is 18.2 Å². The van der Waals surface area contributed by atoms with Crippen LogP contribution < -0.4 is 14.5 Å². The molecule has 0 aliphatic heterocycles. The highest BCUT2D eigenvalue weighted by molar-refractivity contribution is 7.92. The van der Waals surface area contributed by atoms with Crippen molar-refractivity contribution in [1.82, 2.24) is 5.43 Å². The Hall–Kier alpha value is -3.14. The molecule has 10 heteroatoms. The molecule has 0 aliphatic carbocycles. The minimum atomic E-state index is -3.76. The van der Waals surface area contributed by atoms with Crippen LogP contribution in [0.5, 0.6) is 11.5 Å². The van der Waals surface area contributed by atoms with E-state index in [2.05, 4.69) is 10.5 Å². The highest BCUT2D eigenvalue weighted by Gasteiger charge is 2.20. The van der Waals surface area contributed by atoms with Crippen LogP contribution in [0.4, 0.5) is 10.1 Å². The summed E-state index contributed by atoms with van der Waals surface area (Å²) >= 11 is 0. The Bertz CT molecular complexity index is 946. The van der Waals surface area contributed by atoms with Crippen molar-refractivity contribution in [2.24, 2.45) is 5.10 Å². The lowest BCUT2D eigenvalue weighted by atomic mass is 10.2. The van der Waals surface area contributed by atoms with E-state index >= 15 is 0 Å². The third-order valence-corrected chi connectivity index (χ3v) is 4.55. The van der Waals surface area contributed by atoms with Gasteiger partial charge in [0.05, 0.1) is 25.3 Å². The van der Waals surface area contributed by atoms with Crippen LogP contribution >= 0.6 is 0 Å². The Morgan fingerprint density at radius 2 is 1.96 bits per heavy atom. The van der Waals surface area contributed by atoms with Crippen molar-refractivity contribution in [3.05, 3.63) is 53.8 Å². The lowest BCUT2D eigenvalue weighted by Crippen LogP contribution is -2.39. The third-order valence-electron chi connectivity index (χ3n) is 3.41. The Morgan fingerprint density at radius 3 is 2.56 bits per heavy atom. The molecule has 0 saturated carbocycles. The van der Waals surface area contributed by atoms with Crippen LogP contribution in [0.15, 0.2) is 47.6 Å². The van der Waals surface area contributed by atoms with Gasteiger partial charge in [0.1, 0.15) is 12.4 Å². The fourth-order valence-corrected chi connectivity index (χ4v) is 2.98. The number of carbonyl (C=O) groups is 1. The second-order valence-electron chi connectivity index (χ2n) is 5.47. The van der Waals surface area contributed by atoms with E-state index in [1.165, 1.54) is 37.6 Å². The molecule has 1 amide bonds. The van der Waals surface area contributed by atoms with Crippen molar-refractivity contribution in [3.8, 4) is 11.5 Å². The maximum Gasteiger partial charge on any atom is 0.260 e. The number of anilines is 1. The number of aromatic hydroxyl groups is 1. The molecule has 2 aromatic rings. The van der Waals surface area contributed by atoms with E-state index in [0.29, 0.717) is 5.56 Å². The van der Waals surface area contributed by atoms with Gasteiger partial charge in [0.15, 0.2) is 11.5 Å². The molecule has 0 radical (unpaired) electrons. The van der Waals surface area contributed by atoms with Gasteiger partial charge in [-0.15, -0.1) is 0 Å². The van der Waals surface area contributed by atoms with E-state index in [9.17, 15) is 22.7 Å². The molecule has 2 rings (SSSR count). The Balaban J connectivity index is 2.07. The van der Waals surface area contributed by atoms with Gasteiger partial charge in [-0.05, 0) is 48.0 Å². The summed E-state index contributed by atoms with van der Waals surface area (Å²) in [5, 5.41) is 13.3. The first kappa shape index (κ1) is 20.2. The number of hydrogen-bond donors (Lipinski definition) is 2. The third kappa shape index (κ3) is 5.68. The van der Waals surface area contributed by atoms with E-state index in [-0.39, 0.29) is 17.2 Å². The fourth-order valence-electron chi connectivity index (χ4n) is 2.13. The zero-order chi connectivity index (χ0) is 20.0. The van der Waals surface area contributed by atoms with Crippen LogP contribution in [0.1, 0.15) is 5.56 Å². The number of rotatable bonds is 7. The number of nitrogens with one attached hydrogen (secondary N) is 1. The summed E-state index contributed by atoms with van der Waals surface area (Å²) in [4.78, 5) is 12.0. The summed E-state index contributed by atoms with van der Waals surface area (Å²) in [7, 11) is -2.37. The number of phenolic OH excluding ortho intramolecular Hbond substituents is 1. The van der Waals surface area contributed by atoms with E-state index in [1.807, 2.05) is 0 Å². The summed E-state index contributed by atoms with van der Waals surface area (Å²) < 4.78 is 42.7. The average molecular weight is 395 g/mol. The number of phenols is 1. The molecule has 0 aromatic heterocycles. The first-order valence-electron chi connectivity index (χ1n) is 7.63. The minimum Gasteiger partial charge on any atom is -0.504 e.